The second-order valence-electron chi connectivity index (χ2n) is 5.89. The van der Waals surface area contributed by atoms with Crippen molar-refractivity contribution in [2.75, 3.05) is 38.2 Å². The van der Waals surface area contributed by atoms with Crippen LogP contribution in [0.25, 0.3) is 0 Å². The van der Waals surface area contributed by atoms with Crippen molar-refractivity contribution in [3.63, 3.8) is 0 Å². The molecule has 0 radical (unpaired) electrons. The highest BCUT2D eigenvalue weighted by Gasteiger charge is 2.24. The third kappa shape index (κ3) is 3.94. The number of nitrogens with zero attached hydrogens (tertiary/aromatic N) is 2. The summed E-state index contributed by atoms with van der Waals surface area (Å²) in [6.07, 6.45) is 0. The first-order valence-electron chi connectivity index (χ1n) is 7.88. The zero-order valence-corrected chi connectivity index (χ0v) is 14.3. The Hall–Kier alpha value is -2.24. The van der Waals surface area contributed by atoms with Crippen LogP contribution in [-0.2, 0) is 9.53 Å². The van der Waals surface area contributed by atoms with E-state index in [4.69, 9.17) is 0 Å². The van der Waals surface area contributed by atoms with Crippen LogP contribution in [0.1, 0.15) is 18.1 Å². The summed E-state index contributed by atoms with van der Waals surface area (Å²) in [6.45, 7) is 8.68. The maximum atomic E-state index is 12.2. The van der Waals surface area contributed by atoms with Gasteiger partial charge in [-0.15, -0.1) is 0 Å². The molecule has 0 bridgehead atoms. The van der Waals surface area contributed by atoms with Crippen LogP contribution in [0.3, 0.4) is 0 Å². The summed E-state index contributed by atoms with van der Waals surface area (Å²) in [5.41, 5.74) is 3.78. The van der Waals surface area contributed by atoms with Crippen LogP contribution in [0.4, 0.5) is 10.5 Å². The molecule has 6 heteroatoms. The van der Waals surface area contributed by atoms with Crippen molar-refractivity contribution in [2.24, 2.45) is 0 Å². The summed E-state index contributed by atoms with van der Waals surface area (Å²) in [5.74, 6) is -0.438. The maximum absolute atomic E-state index is 12.2. The first kappa shape index (κ1) is 17.1. The van der Waals surface area contributed by atoms with E-state index in [1.165, 1.54) is 23.9 Å². The fourth-order valence-corrected chi connectivity index (χ4v) is 2.74. The Bertz CT molecular complexity index is 580. The summed E-state index contributed by atoms with van der Waals surface area (Å²) in [4.78, 5) is 27.6. The summed E-state index contributed by atoms with van der Waals surface area (Å²) in [6, 6.07) is 5.44. The van der Waals surface area contributed by atoms with Crippen molar-refractivity contribution in [2.45, 2.75) is 26.8 Å². The third-order valence-corrected chi connectivity index (χ3v) is 4.38. The van der Waals surface area contributed by atoms with Gasteiger partial charge in [-0.3, -0.25) is 0 Å². The van der Waals surface area contributed by atoms with Crippen LogP contribution in [-0.4, -0.2) is 56.2 Å². The van der Waals surface area contributed by atoms with Gasteiger partial charge in [-0.25, -0.2) is 9.59 Å². The van der Waals surface area contributed by atoms with E-state index in [1.54, 1.807) is 11.8 Å². The van der Waals surface area contributed by atoms with Crippen LogP contribution < -0.4 is 10.2 Å². The quantitative estimate of drug-likeness (QED) is 0.862. The van der Waals surface area contributed by atoms with Gasteiger partial charge in [0, 0.05) is 31.9 Å². The number of urea groups is 1. The summed E-state index contributed by atoms with van der Waals surface area (Å²) < 4.78 is 4.62. The zero-order valence-electron chi connectivity index (χ0n) is 14.3. The molecule has 2 rings (SSSR count). The number of benzene rings is 1. The summed E-state index contributed by atoms with van der Waals surface area (Å²) in [5, 5.41) is 2.67. The lowest BCUT2D eigenvalue weighted by Crippen LogP contribution is -2.54. The van der Waals surface area contributed by atoms with Crippen molar-refractivity contribution in [3.05, 3.63) is 29.3 Å². The van der Waals surface area contributed by atoms with Crippen molar-refractivity contribution < 1.29 is 14.3 Å². The van der Waals surface area contributed by atoms with Gasteiger partial charge in [0.2, 0.25) is 0 Å². The number of hydrogen-bond donors (Lipinski definition) is 1. The Morgan fingerprint density at radius 2 is 1.83 bits per heavy atom. The van der Waals surface area contributed by atoms with Crippen molar-refractivity contribution in [3.8, 4) is 0 Å². The van der Waals surface area contributed by atoms with E-state index in [2.05, 4.69) is 47.0 Å². The number of methoxy groups -OCH3 is 1. The minimum absolute atomic E-state index is 0.219. The number of rotatable bonds is 3. The molecule has 1 fully saturated rings. The van der Waals surface area contributed by atoms with Crippen LogP contribution >= 0.6 is 0 Å². The monoisotopic (exact) mass is 319 g/mol. The lowest BCUT2D eigenvalue weighted by molar-refractivity contribution is -0.142. The number of esters is 1. The van der Waals surface area contributed by atoms with Crippen LogP contribution in [0, 0.1) is 13.8 Å². The van der Waals surface area contributed by atoms with Gasteiger partial charge in [-0.05, 0) is 38.0 Å². The molecule has 1 aliphatic rings. The first-order valence-corrected chi connectivity index (χ1v) is 7.88. The summed E-state index contributed by atoms with van der Waals surface area (Å²) in [7, 11) is 1.31. The fraction of sp³-hybridized carbons (Fsp3) is 0.529. The summed E-state index contributed by atoms with van der Waals surface area (Å²) >= 11 is 0. The number of piperazine rings is 1. The molecule has 2 amide bonds. The molecule has 1 saturated heterocycles. The van der Waals surface area contributed by atoms with E-state index in [0.29, 0.717) is 13.1 Å². The predicted octanol–water partition coefficient (Wildman–Crippen LogP) is 1.70. The van der Waals surface area contributed by atoms with Crippen molar-refractivity contribution in [1.29, 1.82) is 0 Å². The smallest absolute Gasteiger partial charge is 0.328 e. The van der Waals surface area contributed by atoms with Crippen LogP contribution in [0.2, 0.25) is 0 Å². The Labute approximate surface area is 137 Å². The van der Waals surface area contributed by atoms with Crippen LogP contribution in [0.5, 0.6) is 0 Å². The van der Waals surface area contributed by atoms with E-state index in [0.717, 1.165) is 13.1 Å². The molecule has 1 N–H and O–H groups in total. The number of nitrogens with one attached hydrogen (secondary N) is 1. The zero-order chi connectivity index (χ0) is 17.0. The molecule has 0 saturated carbocycles. The number of aryl methyl sites for hydroxylation is 1. The minimum Gasteiger partial charge on any atom is -0.467 e. The molecule has 0 aromatic heterocycles. The molecule has 1 aliphatic heterocycles. The topological polar surface area (TPSA) is 61.9 Å². The molecular formula is C17H25N3O3. The van der Waals surface area contributed by atoms with Crippen LogP contribution in [0.15, 0.2) is 18.2 Å². The molecule has 126 valence electrons. The van der Waals surface area contributed by atoms with Gasteiger partial charge < -0.3 is 19.9 Å². The lowest BCUT2D eigenvalue weighted by Gasteiger charge is -2.37. The van der Waals surface area contributed by atoms with Gasteiger partial charge in [0.05, 0.1) is 7.11 Å². The number of carbonyl (C=O) groups is 2. The molecule has 23 heavy (non-hydrogen) atoms. The van der Waals surface area contributed by atoms with Gasteiger partial charge in [0.15, 0.2) is 0 Å². The maximum Gasteiger partial charge on any atom is 0.328 e. The van der Waals surface area contributed by atoms with E-state index in [9.17, 15) is 9.59 Å². The second kappa shape index (κ2) is 7.35. The lowest BCUT2D eigenvalue weighted by atomic mass is 10.1. The van der Waals surface area contributed by atoms with Gasteiger partial charge >= 0.3 is 12.0 Å². The molecule has 0 aliphatic carbocycles. The Kier molecular flexibility index (Phi) is 5.47. The molecule has 1 unspecified atom stereocenters. The molecule has 1 aromatic rings. The normalized spacial score (nSPS) is 16.0. The number of anilines is 1. The Morgan fingerprint density at radius 3 is 2.43 bits per heavy atom. The van der Waals surface area contributed by atoms with E-state index in [-0.39, 0.29) is 6.03 Å². The largest absolute Gasteiger partial charge is 0.467 e. The van der Waals surface area contributed by atoms with E-state index >= 15 is 0 Å². The predicted molar refractivity (Wildman–Crippen MR) is 89.7 cm³/mol. The second-order valence-corrected chi connectivity index (χ2v) is 5.89. The first-order chi connectivity index (χ1) is 10.9. The molecule has 1 heterocycles. The molecule has 1 aromatic carbocycles. The standard InChI is InChI=1S/C17H25N3O3/c1-12-6-5-7-15(13(12)2)19-8-10-20(11-9-19)17(22)18-14(3)16(21)23-4/h5-7,14H,8-11H2,1-4H3,(H,18,22). The number of ether oxygens (including phenoxy) is 1. The van der Waals surface area contributed by atoms with Crippen molar-refractivity contribution >= 4 is 17.7 Å². The molecular weight excluding hydrogens is 294 g/mol. The fourth-order valence-electron chi connectivity index (χ4n) is 2.74. The third-order valence-electron chi connectivity index (χ3n) is 4.38. The molecule has 1 atom stereocenters. The van der Waals surface area contributed by atoms with Gasteiger partial charge in [-0.1, -0.05) is 12.1 Å². The number of hydrogen-bond acceptors (Lipinski definition) is 4. The Morgan fingerprint density at radius 1 is 1.17 bits per heavy atom. The number of carbonyl (C=O) groups excluding carboxylic acids is 2. The SMILES string of the molecule is COC(=O)C(C)NC(=O)N1CCN(c2cccc(C)c2C)CC1. The highest BCUT2D eigenvalue weighted by atomic mass is 16.5. The van der Waals surface area contributed by atoms with Gasteiger partial charge in [-0.2, -0.15) is 0 Å². The molecule has 0 spiro atoms. The Balaban J connectivity index is 1.92. The number of amides is 2. The highest BCUT2D eigenvalue weighted by molar-refractivity contribution is 5.83. The minimum atomic E-state index is -0.635. The van der Waals surface area contributed by atoms with E-state index < -0.39 is 12.0 Å². The average Bonchev–Trinajstić information content (AvgIpc) is 2.56. The van der Waals surface area contributed by atoms with Gasteiger partial charge in [0.25, 0.3) is 0 Å². The van der Waals surface area contributed by atoms with E-state index in [1.807, 2.05) is 0 Å². The van der Waals surface area contributed by atoms with Gasteiger partial charge in [0.1, 0.15) is 6.04 Å². The highest BCUT2D eigenvalue weighted by Crippen LogP contribution is 2.23. The average molecular weight is 319 g/mol. The van der Waals surface area contributed by atoms with Crippen molar-refractivity contribution in [1.82, 2.24) is 10.2 Å². The molecule has 6 nitrogen and oxygen atoms in total.